The summed E-state index contributed by atoms with van der Waals surface area (Å²) < 4.78 is 24.5. The summed E-state index contributed by atoms with van der Waals surface area (Å²) in [5, 5.41) is 3.37. The number of ether oxygens (including phenoxy) is 2. The van der Waals surface area contributed by atoms with Gasteiger partial charge in [-0.3, -0.25) is 0 Å². The van der Waals surface area contributed by atoms with Crippen molar-refractivity contribution < 1.29 is 13.9 Å². The van der Waals surface area contributed by atoms with Gasteiger partial charge >= 0.3 is 0 Å². The molecular formula is C15H21FN2O2. The van der Waals surface area contributed by atoms with E-state index in [1.54, 1.807) is 0 Å². The smallest absolute Gasteiger partial charge is 0.218 e. The summed E-state index contributed by atoms with van der Waals surface area (Å²) in [6.45, 7) is 2.87. The van der Waals surface area contributed by atoms with Crippen molar-refractivity contribution >= 4 is 0 Å². The summed E-state index contributed by atoms with van der Waals surface area (Å²) in [5.74, 6) is 0.766. The van der Waals surface area contributed by atoms with Crippen LogP contribution in [0, 0.1) is 11.7 Å². The summed E-state index contributed by atoms with van der Waals surface area (Å²) in [6, 6.07) is 2.10. The average Bonchev–Trinajstić information content (AvgIpc) is 3.29. The topological polar surface area (TPSA) is 43.4 Å². The predicted molar refractivity (Wildman–Crippen MR) is 73.1 cm³/mol. The van der Waals surface area contributed by atoms with Gasteiger partial charge in [0, 0.05) is 31.4 Å². The van der Waals surface area contributed by atoms with Crippen LogP contribution >= 0.6 is 0 Å². The number of rotatable bonds is 6. The van der Waals surface area contributed by atoms with Crippen LogP contribution in [0.4, 0.5) is 4.39 Å². The number of pyridine rings is 1. The normalized spacial score (nSPS) is 20.1. The Bertz CT molecular complexity index is 445. The monoisotopic (exact) mass is 280 g/mol. The summed E-state index contributed by atoms with van der Waals surface area (Å²) in [6.07, 6.45) is 5.69. The molecule has 1 saturated carbocycles. The molecule has 1 aliphatic carbocycles. The van der Waals surface area contributed by atoms with E-state index in [4.69, 9.17) is 9.47 Å². The van der Waals surface area contributed by atoms with Crippen LogP contribution in [0.15, 0.2) is 12.3 Å². The van der Waals surface area contributed by atoms with Gasteiger partial charge in [-0.05, 0) is 37.7 Å². The van der Waals surface area contributed by atoms with E-state index < -0.39 is 0 Å². The number of hydrogen-bond acceptors (Lipinski definition) is 4. The quantitative estimate of drug-likeness (QED) is 0.868. The van der Waals surface area contributed by atoms with E-state index in [1.807, 2.05) is 0 Å². The zero-order valence-corrected chi connectivity index (χ0v) is 11.6. The highest BCUT2D eigenvalue weighted by Crippen LogP contribution is 2.23. The molecule has 5 heteroatoms. The fourth-order valence-corrected chi connectivity index (χ4v) is 2.38. The van der Waals surface area contributed by atoms with Crippen molar-refractivity contribution in [2.24, 2.45) is 5.92 Å². The summed E-state index contributed by atoms with van der Waals surface area (Å²) in [4.78, 5) is 4.09. The first kappa shape index (κ1) is 13.8. The standard InChI is InChI=1S/C15H21FN2O2/c16-13-7-12(8-17-14-1-2-14)15(18-9-13)20-10-11-3-5-19-6-4-11/h7,9,11,14,17H,1-6,8,10H2. The molecule has 0 radical (unpaired) electrons. The van der Waals surface area contributed by atoms with Crippen LogP contribution in [0.25, 0.3) is 0 Å². The van der Waals surface area contributed by atoms with Crippen molar-refractivity contribution in [2.45, 2.75) is 38.3 Å². The number of hydrogen-bond donors (Lipinski definition) is 1. The Morgan fingerprint density at radius 2 is 2.10 bits per heavy atom. The van der Waals surface area contributed by atoms with Crippen LogP contribution in [0.3, 0.4) is 0 Å². The van der Waals surface area contributed by atoms with E-state index in [0.29, 0.717) is 31.0 Å². The minimum Gasteiger partial charge on any atom is -0.477 e. The van der Waals surface area contributed by atoms with Crippen molar-refractivity contribution in [1.82, 2.24) is 10.3 Å². The summed E-state index contributed by atoms with van der Waals surface area (Å²) in [7, 11) is 0. The van der Waals surface area contributed by atoms with Gasteiger partial charge in [0.1, 0.15) is 5.82 Å². The van der Waals surface area contributed by atoms with Crippen LogP contribution in [-0.4, -0.2) is 30.8 Å². The van der Waals surface area contributed by atoms with Gasteiger partial charge in [-0.1, -0.05) is 0 Å². The highest BCUT2D eigenvalue weighted by Gasteiger charge is 2.21. The van der Waals surface area contributed by atoms with E-state index in [1.165, 1.54) is 25.1 Å². The first-order valence-corrected chi connectivity index (χ1v) is 7.39. The molecule has 2 heterocycles. The summed E-state index contributed by atoms with van der Waals surface area (Å²) in [5.41, 5.74) is 0.809. The first-order valence-electron chi connectivity index (χ1n) is 7.39. The molecule has 1 N–H and O–H groups in total. The first-order chi connectivity index (χ1) is 9.81. The van der Waals surface area contributed by atoms with Crippen LogP contribution in [0.5, 0.6) is 5.88 Å². The fraction of sp³-hybridized carbons (Fsp3) is 0.667. The molecule has 2 fully saturated rings. The molecule has 1 aromatic heterocycles. The maximum atomic E-state index is 13.3. The Balaban J connectivity index is 1.58. The molecule has 0 amide bonds. The van der Waals surface area contributed by atoms with Gasteiger partial charge in [0.25, 0.3) is 0 Å². The third kappa shape index (κ3) is 3.90. The molecule has 0 atom stereocenters. The van der Waals surface area contributed by atoms with Crippen LogP contribution < -0.4 is 10.1 Å². The van der Waals surface area contributed by atoms with E-state index >= 15 is 0 Å². The lowest BCUT2D eigenvalue weighted by molar-refractivity contribution is 0.0488. The van der Waals surface area contributed by atoms with Gasteiger partial charge in [-0.25, -0.2) is 9.37 Å². The highest BCUT2D eigenvalue weighted by atomic mass is 19.1. The molecular weight excluding hydrogens is 259 g/mol. The predicted octanol–water partition coefficient (Wildman–Crippen LogP) is 2.28. The molecule has 3 rings (SSSR count). The third-order valence-electron chi connectivity index (χ3n) is 3.85. The molecule has 4 nitrogen and oxygen atoms in total. The molecule has 20 heavy (non-hydrogen) atoms. The minimum atomic E-state index is -0.309. The Morgan fingerprint density at radius 1 is 1.30 bits per heavy atom. The molecule has 1 aromatic rings. The van der Waals surface area contributed by atoms with Gasteiger partial charge in [-0.15, -0.1) is 0 Å². The Kier molecular flexibility index (Phi) is 4.47. The highest BCUT2D eigenvalue weighted by molar-refractivity contribution is 5.26. The maximum Gasteiger partial charge on any atom is 0.218 e. The minimum absolute atomic E-state index is 0.309. The lowest BCUT2D eigenvalue weighted by Crippen LogP contribution is -2.22. The zero-order valence-electron chi connectivity index (χ0n) is 11.6. The second-order valence-corrected chi connectivity index (χ2v) is 5.64. The van der Waals surface area contributed by atoms with Crippen molar-refractivity contribution in [1.29, 1.82) is 0 Å². The van der Waals surface area contributed by atoms with Crippen molar-refractivity contribution in [3.8, 4) is 5.88 Å². The Labute approximate surface area is 118 Å². The van der Waals surface area contributed by atoms with Gasteiger partial charge in [-0.2, -0.15) is 0 Å². The molecule has 1 aliphatic heterocycles. The number of halogens is 1. The van der Waals surface area contributed by atoms with Gasteiger partial charge < -0.3 is 14.8 Å². The van der Waals surface area contributed by atoms with E-state index in [2.05, 4.69) is 10.3 Å². The third-order valence-corrected chi connectivity index (χ3v) is 3.85. The molecule has 0 bridgehead atoms. The number of nitrogens with zero attached hydrogens (tertiary/aromatic N) is 1. The van der Waals surface area contributed by atoms with E-state index in [0.717, 1.165) is 31.6 Å². The largest absolute Gasteiger partial charge is 0.477 e. The van der Waals surface area contributed by atoms with Crippen LogP contribution in [0.1, 0.15) is 31.2 Å². The van der Waals surface area contributed by atoms with Gasteiger partial charge in [0.05, 0.1) is 12.8 Å². The van der Waals surface area contributed by atoms with Crippen molar-refractivity contribution in [3.05, 3.63) is 23.6 Å². The lowest BCUT2D eigenvalue weighted by atomic mass is 10.0. The average molecular weight is 280 g/mol. The summed E-state index contributed by atoms with van der Waals surface area (Å²) >= 11 is 0. The van der Waals surface area contributed by atoms with Crippen LogP contribution in [0.2, 0.25) is 0 Å². The van der Waals surface area contributed by atoms with E-state index in [9.17, 15) is 4.39 Å². The number of nitrogens with one attached hydrogen (secondary N) is 1. The number of aromatic nitrogens is 1. The molecule has 0 aromatic carbocycles. The Morgan fingerprint density at radius 3 is 2.85 bits per heavy atom. The SMILES string of the molecule is Fc1cnc(OCC2CCOCC2)c(CNC2CC2)c1. The van der Waals surface area contributed by atoms with E-state index in [-0.39, 0.29) is 5.82 Å². The second-order valence-electron chi connectivity index (χ2n) is 5.64. The van der Waals surface area contributed by atoms with Crippen molar-refractivity contribution in [3.63, 3.8) is 0 Å². The Hall–Kier alpha value is -1.20. The molecule has 0 unspecified atom stereocenters. The van der Waals surface area contributed by atoms with Crippen molar-refractivity contribution in [2.75, 3.05) is 19.8 Å². The van der Waals surface area contributed by atoms with Gasteiger partial charge in [0.2, 0.25) is 5.88 Å². The zero-order chi connectivity index (χ0) is 13.8. The fourth-order valence-electron chi connectivity index (χ4n) is 2.38. The molecule has 1 saturated heterocycles. The molecule has 0 spiro atoms. The molecule has 110 valence electrons. The molecule has 2 aliphatic rings. The lowest BCUT2D eigenvalue weighted by Gasteiger charge is -2.22. The maximum absolute atomic E-state index is 13.3. The van der Waals surface area contributed by atoms with Gasteiger partial charge in [0.15, 0.2) is 0 Å². The second kappa shape index (κ2) is 6.50. The van der Waals surface area contributed by atoms with Crippen LogP contribution in [-0.2, 0) is 11.3 Å².